The molecule has 2 heterocycles. The summed E-state index contributed by atoms with van der Waals surface area (Å²) in [5.74, 6) is -0.0343. The Morgan fingerprint density at radius 3 is 2.73 bits per heavy atom. The van der Waals surface area contributed by atoms with Gasteiger partial charge in [0.05, 0.1) is 15.5 Å². The van der Waals surface area contributed by atoms with Gasteiger partial charge in [-0.3, -0.25) is 14.6 Å². The first-order valence-electron chi connectivity index (χ1n) is 7.71. The second-order valence-electron chi connectivity index (χ2n) is 5.36. The molecule has 0 bridgehead atoms. The number of nitrogens with one attached hydrogen (secondary N) is 3. The van der Waals surface area contributed by atoms with Crippen LogP contribution in [0.15, 0.2) is 44.1 Å². The zero-order valence-corrected chi connectivity index (χ0v) is 15.1. The fourth-order valence-electron chi connectivity index (χ4n) is 2.37. The molecule has 0 spiro atoms. The number of nitrogens with zero attached hydrogens (tertiary/aromatic N) is 1. The maximum absolute atomic E-state index is 12.0. The SMILES string of the molecule is N#Cc1c(SCC(=O)NCCc2ccccc2)sc2c(=O)[nH]c(=O)[nH]c12. The van der Waals surface area contributed by atoms with E-state index in [-0.39, 0.29) is 27.4 Å². The molecule has 0 aliphatic carbocycles. The number of hydrogen-bond acceptors (Lipinski definition) is 6. The molecule has 3 N–H and O–H groups in total. The van der Waals surface area contributed by atoms with E-state index in [2.05, 4.69) is 15.3 Å². The van der Waals surface area contributed by atoms with Crippen molar-refractivity contribution < 1.29 is 4.79 Å². The summed E-state index contributed by atoms with van der Waals surface area (Å²) in [5.41, 5.74) is 0.379. The Bertz CT molecular complexity index is 1090. The number of nitriles is 1. The monoisotopic (exact) mass is 386 g/mol. The lowest BCUT2D eigenvalue weighted by molar-refractivity contribution is -0.118. The molecule has 9 heteroatoms. The van der Waals surface area contributed by atoms with Crippen LogP contribution in [-0.2, 0) is 11.2 Å². The van der Waals surface area contributed by atoms with Crippen molar-refractivity contribution >= 4 is 39.2 Å². The van der Waals surface area contributed by atoms with Crippen molar-refractivity contribution in [3.05, 3.63) is 62.3 Å². The number of hydrogen-bond donors (Lipinski definition) is 3. The Balaban J connectivity index is 1.63. The minimum atomic E-state index is -0.660. The third kappa shape index (κ3) is 4.04. The predicted octanol–water partition coefficient (Wildman–Crippen LogP) is 1.60. The summed E-state index contributed by atoms with van der Waals surface area (Å²) >= 11 is 2.27. The first-order valence-corrected chi connectivity index (χ1v) is 9.51. The number of aromatic amines is 2. The average Bonchev–Trinajstić information content (AvgIpc) is 2.98. The maximum atomic E-state index is 12.0. The van der Waals surface area contributed by atoms with Crippen LogP contribution in [0.2, 0.25) is 0 Å². The van der Waals surface area contributed by atoms with Crippen molar-refractivity contribution in [1.82, 2.24) is 15.3 Å². The van der Waals surface area contributed by atoms with Crippen LogP contribution >= 0.6 is 23.1 Å². The first kappa shape index (κ1) is 18.0. The molecule has 0 aliphatic rings. The summed E-state index contributed by atoms with van der Waals surface area (Å²) in [5, 5.41) is 12.2. The standard InChI is InChI=1S/C17H14N4O3S2/c18-8-11-13-14(15(23)21-17(24)20-13)26-16(11)25-9-12(22)19-7-6-10-4-2-1-3-5-10/h1-5H,6-7,9H2,(H,19,22)(H2,20,21,23,24). The molecule has 2 aromatic heterocycles. The fraction of sp³-hybridized carbons (Fsp3) is 0.176. The molecule has 0 fully saturated rings. The van der Waals surface area contributed by atoms with E-state index in [0.717, 1.165) is 23.3 Å². The summed E-state index contributed by atoms with van der Waals surface area (Å²) in [6.45, 7) is 0.522. The third-order valence-electron chi connectivity index (χ3n) is 3.57. The van der Waals surface area contributed by atoms with Crippen molar-refractivity contribution in [2.75, 3.05) is 12.3 Å². The number of fused-ring (bicyclic) bond motifs is 1. The second kappa shape index (κ2) is 8.03. The van der Waals surface area contributed by atoms with Crippen LogP contribution in [0.25, 0.3) is 10.2 Å². The lowest BCUT2D eigenvalue weighted by Gasteiger charge is -2.04. The molecule has 1 amide bonds. The van der Waals surface area contributed by atoms with Gasteiger partial charge in [-0.05, 0) is 12.0 Å². The van der Waals surface area contributed by atoms with E-state index in [1.54, 1.807) is 0 Å². The van der Waals surface area contributed by atoms with Crippen LogP contribution in [0.5, 0.6) is 0 Å². The van der Waals surface area contributed by atoms with Crippen LogP contribution in [0.1, 0.15) is 11.1 Å². The highest BCUT2D eigenvalue weighted by Crippen LogP contribution is 2.34. The largest absolute Gasteiger partial charge is 0.355 e. The minimum Gasteiger partial charge on any atom is -0.355 e. The average molecular weight is 386 g/mol. The highest BCUT2D eigenvalue weighted by Gasteiger charge is 2.17. The Hall–Kier alpha value is -2.83. The molecular formula is C17H14N4O3S2. The van der Waals surface area contributed by atoms with Gasteiger partial charge in [0.1, 0.15) is 16.3 Å². The zero-order valence-electron chi connectivity index (χ0n) is 13.5. The van der Waals surface area contributed by atoms with Crippen LogP contribution in [0.4, 0.5) is 0 Å². The van der Waals surface area contributed by atoms with Crippen LogP contribution < -0.4 is 16.6 Å². The van der Waals surface area contributed by atoms with Gasteiger partial charge < -0.3 is 10.3 Å². The van der Waals surface area contributed by atoms with E-state index in [0.29, 0.717) is 10.8 Å². The zero-order chi connectivity index (χ0) is 18.5. The number of carbonyl (C=O) groups excluding carboxylic acids is 1. The highest BCUT2D eigenvalue weighted by molar-refractivity contribution is 8.02. The number of rotatable bonds is 6. The third-order valence-corrected chi connectivity index (χ3v) is 6.03. The van der Waals surface area contributed by atoms with E-state index in [1.165, 1.54) is 11.8 Å². The van der Waals surface area contributed by atoms with E-state index in [1.807, 2.05) is 36.4 Å². The molecule has 0 saturated carbocycles. The van der Waals surface area contributed by atoms with Gasteiger partial charge in [-0.25, -0.2) is 4.79 Å². The van der Waals surface area contributed by atoms with Crippen molar-refractivity contribution in [2.45, 2.75) is 10.6 Å². The predicted molar refractivity (Wildman–Crippen MR) is 102 cm³/mol. The lowest BCUT2D eigenvalue weighted by atomic mass is 10.1. The fourth-order valence-corrected chi connectivity index (χ4v) is 4.52. The minimum absolute atomic E-state index is 0.123. The molecule has 0 radical (unpaired) electrons. The Labute approximate surface area is 156 Å². The number of aromatic nitrogens is 2. The summed E-state index contributed by atoms with van der Waals surface area (Å²) in [6.07, 6.45) is 0.736. The quantitative estimate of drug-likeness (QED) is 0.556. The molecule has 26 heavy (non-hydrogen) atoms. The van der Waals surface area contributed by atoms with Gasteiger partial charge in [0.25, 0.3) is 5.56 Å². The van der Waals surface area contributed by atoms with E-state index < -0.39 is 11.2 Å². The molecule has 0 unspecified atom stereocenters. The van der Waals surface area contributed by atoms with Crippen molar-refractivity contribution in [2.24, 2.45) is 0 Å². The van der Waals surface area contributed by atoms with Gasteiger partial charge in [0.2, 0.25) is 5.91 Å². The number of thioether (sulfide) groups is 1. The van der Waals surface area contributed by atoms with Crippen molar-refractivity contribution in [1.29, 1.82) is 5.26 Å². The maximum Gasteiger partial charge on any atom is 0.326 e. The number of H-pyrrole nitrogens is 2. The summed E-state index contributed by atoms with van der Waals surface area (Å²) < 4.78 is 0.807. The van der Waals surface area contributed by atoms with Crippen LogP contribution in [-0.4, -0.2) is 28.2 Å². The van der Waals surface area contributed by atoms with Crippen LogP contribution in [0, 0.1) is 11.3 Å². The summed E-state index contributed by atoms with van der Waals surface area (Å²) in [6, 6.07) is 11.8. The number of thiophene rings is 1. The van der Waals surface area contributed by atoms with Gasteiger partial charge in [0, 0.05) is 6.54 Å². The lowest BCUT2D eigenvalue weighted by Crippen LogP contribution is -2.27. The molecule has 0 aliphatic heterocycles. The van der Waals surface area contributed by atoms with Crippen molar-refractivity contribution in [3.8, 4) is 6.07 Å². The molecule has 0 atom stereocenters. The van der Waals surface area contributed by atoms with Gasteiger partial charge >= 0.3 is 5.69 Å². The van der Waals surface area contributed by atoms with Crippen LogP contribution in [0.3, 0.4) is 0 Å². The van der Waals surface area contributed by atoms with E-state index in [9.17, 15) is 19.6 Å². The molecule has 0 saturated heterocycles. The second-order valence-corrected chi connectivity index (χ2v) is 7.63. The summed E-state index contributed by atoms with van der Waals surface area (Å²) in [4.78, 5) is 39.8. The topological polar surface area (TPSA) is 119 Å². The Morgan fingerprint density at radius 1 is 1.23 bits per heavy atom. The Kier molecular flexibility index (Phi) is 5.55. The van der Waals surface area contributed by atoms with Gasteiger partial charge in [0.15, 0.2) is 0 Å². The molecule has 7 nitrogen and oxygen atoms in total. The molecule has 132 valence electrons. The molecular weight excluding hydrogens is 372 g/mol. The molecule has 3 aromatic rings. The van der Waals surface area contributed by atoms with E-state index in [4.69, 9.17) is 0 Å². The first-order chi connectivity index (χ1) is 12.6. The van der Waals surface area contributed by atoms with Gasteiger partial charge in [-0.1, -0.05) is 30.3 Å². The highest BCUT2D eigenvalue weighted by atomic mass is 32.2. The number of amides is 1. The summed E-state index contributed by atoms with van der Waals surface area (Å²) in [7, 11) is 0. The number of carbonyl (C=O) groups is 1. The normalized spacial score (nSPS) is 10.6. The number of benzene rings is 1. The Morgan fingerprint density at radius 2 is 2.00 bits per heavy atom. The molecule has 3 rings (SSSR count). The van der Waals surface area contributed by atoms with Gasteiger partial charge in [-0.15, -0.1) is 23.1 Å². The smallest absolute Gasteiger partial charge is 0.326 e. The van der Waals surface area contributed by atoms with Crippen molar-refractivity contribution in [3.63, 3.8) is 0 Å². The van der Waals surface area contributed by atoms with Gasteiger partial charge in [-0.2, -0.15) is 5.26 Å². The van der Waals surface area contributed by atoms with E-state index >= 15 is 0 Å². The molecule has 1 aromatic carbocycles.